The number of para-hydroxylation sites is 1. The summed E-state index contributed by atoms with van der Waals surface area (Å²) in [6, 6.07) is 14.3. The van der Waals surface area contributed by atoms with Crippen molar-refractivity contribution in [3.63, 3.8) is 0 Å². The molecule has 6 heteroatoms. The SMILES string of the molecule is COc1cccc2c(Sc3ccccc3CCN(C)C(=O)OC(C)(C)C)c[nH]c12. The zero-order chi connectivity index (χ0) is 21.0. The van der Waals surface area contributed by atoms with Crippen LogP contribution in [0.3, 0.4) is 0 Å². The molecular weight excluding hydrogens is 384 g/mol. The third kappa shape index (κ3) is 5.26. The number of carbonyl (C=O) groups is 1. The van der Waals surface area contributed by atoms with Crippen LogP contribution >= 0.6 is 11.8 Å². The largest absolute Gasteiger partial charge is 0.495 e. The third-order valence-corrected chi connectivity index (χ3v) is 5.65. The van der Waals surface area contributed by atoms with Crippen LogP contribution in [0.15, 0.2) is 58.5 Å². The first kappa shape index (κ1) is 21.1. The van der Waals surface area contributed by atoms with Gasteiger partial charge in [-0.1, -0.05) is 42.1 Å². The zero-order valence-corrected chi connectivity index (χ0v) is 18.4. The molecule has 0 spiro atoms. The summed E-state index contributed by atoms with van der Waals surface area (Å²) in [5.41, 5.74) is 1.71. The molecule has 0 atom stereocenters. The summed E-state index contributed by atoms with van der Waals surface area (Å²) < 4.78 is 10.9. The molecule has 1 amide bonds. The van der Waals surface area contributed by atoms with Gasteiger partial charge in [-0.25, -0.2) is 4.79 Å². The highest BCUT2D eigenvalue weighted by Crippen LogP contribution is 2.38. The molecule has 0 bridgehead atoms. The number of carbonyl (C=O) groups excluding carboxylic acids is 1. The summed E-state index contributed by atoms with van der Waals surface area (Å²) in [5.74, 6) is 0.835. The number of hydrogen-bond acceptors (Lipinski definition) is 4. The summed E-state index contributed by atoms with van der Waals surface area (Å²) in [7, 11) is 3.45. The normalized spacial score (nSPS) is 11.5. The van der Waals surface area contributed by atoms with Gasteiger partial charge in [-0.05, 0) is 44.9 Å². The van der Waals surface area contributed by atoms with Crippen LogP contribution in [0, 0.1) is 0 Å². The van der Waals surface area contributed by atoms with E-state index in [0.29, 0.717) is 6.54 Å². The Morgan fingerprint density at radius 1 is 1.10 bits per heavy atom. The molecule has 1 aromatic heterocycles. The number of amides is 1. The van der Waals surface area contributed by atoms with Gasteiger partial charge >= 0.3 is 6.09 Å². The summed E-state index contributed by atoms with van der Waals surface area (Å²) in [5, 5.41) is 1.13. The van der Waals surface area contributed by atoms with E-state index in [1.807, 2.05) is 51.2 Å². The Bertz CT molecular complexity index is 991. The first-order chi connectivity index (χ1) is 13.8. The quantitative estimate of drug-likeness (QED) is 0.561. The van der Waals surface area contributed by atoms with Crippen molar-refractivity contribution in [2.24, 2.45) is 0 Å². The maximum atomic E-state index is 12.2. The van der Waals surface area contributed by atoms with Gasteiger partial charge < -0.3 is 19.4 Å². The first-order valence-corrected chi connectivity index (χ1v) is 10.4. The van der Waals surface area contributed by atoms with Crippen LogP contribution in [0.5, 0.6) is 5.75 Å². The minimum atomic E-state index is -0.491. The van der Waals surface area contributed by atoms with Crippen LogP contribution in [0.1, 0.15) is 26.3 Å². The lowest BCUT2D eigenvalue weighted by atomic mass is 10.1. The van der Waals surface area contributed by atoms with Gasteiger partial charge in [0, 0.05) is 35.0 Å². The lowest BCUT2D eigenvalue weighted by Gasteiger charge is -2.24. The fraction of sp³-hybridized carbons (Fsp3) is 0.348. The van der Waals surface area contributed by atoms with Crippen molar-refractivity contribution >= 4 is 28.8 Å². The van der Waals surface area contributed by atoms with Crippen molar-refractivity contribution in [1.82, 2.24) is 9.88 Å². The number of nitrogens with zero attached hydrogens (tertiary/aromatic N) is 1. The molecule has 0 aliphatic rings. The number of hydrogen-bond donors (Lipinski definition) is 1. The average molecular weight is 413 g/mol. The molecule has 29 heavy (non-hydrogen) atoms. The Morgan fingerprint density at radius 3 is 2.59 bits per heavy atom. The molecule has 154 valence electrons. The number of likely N-dealkylation sites (N-methyl/N-ethyl adjacent to an activating group) is 1. The van der Waals surface area contributed by atoms with E-state index in [-0.39, 0.29) is 6.09 Å². The van der Waals surface area contributed by atoms with Crippen molar-refractivity contribution in [3.05, 3.63) is 54.2 Å². The number of H-pyrrole nitrogens is 1. The van der Waals surface area contributed by atoms with E-state index in [4.69, 9.17) is 9.47 Å². The number of ether oxygens (including phenoxy) is 2. The van der Waals surface area contributed by atoms with Gasteiger partial charge in [-0.15, -0.1) is 0 Å². The standard InChI is InChI=1S/C23H28N2O3S/c1-23(2,3)28-22(26)25(4)14-13-16-9-6-7-12-19(16)29-20-15-24-21-17(20)10-8-11-18(21)27-5/h6-12,15,24H,13-14H2,1-5H3. The predicted molar refractivity (Wildman–Crippen MR) is 118 cm³/mol. The van der Waals surface area contributed by atoms with E-state index >= 15 is 0 Å². The van der Waals surface area contributed by atoms with Crippen molar-refractivity contribution in [2.45, 2.75) is 42.6 Å². The van der Waals surface area contributed by atoms with E-state index in [1.54, 1.807) is 30.8 Å². The number of nitrogens with one attached hydrogen (secondary N) is 1. The maximum absolute atomic E-state index is 12.2. The van der Waals surface area contributed by atoms with Crippen molar-refractivity contribution in [3.8, 4) is 5.75 Å². The maximum Gasteiger partial charge on any atom is 0.410 e. The molecule has 0 saturated heterocycles. The molecule has 3 rings (SSSR count). The minimum absolute atomic E-state index is 0.300. The highest BCUT2D eigenvalue weighted by Gasteiger charge is 2.19. The van der Waals surface area contributed by atoms with Crippen LogP contribution in [0.2, 0.25) is 0 Å². The third-order valence-electron chi connectivity index (χ3n) is 4.47. The van der Waals surface area contributed by atoms with Gasteiger partial charge in [0.05, 0.1) is 12.6 Å². The van der Waals surface area contributed by atoms with Gasteiger partial charge in [0.1, 0.15) is 11.4 Å². The van der Waals surface area contributed by atoms with Gasteiger partial charge in [-0.3, -0.25) is 0 Å². The Balaban J connectivity index is 1.74. The lowest BCUT2D eigenvalue weighted by Crippen LogP contribution is -2.35. The van der Waals surface area contributed by atoms with Gasteiger partial charge in [-0.2, -0.15) is 0 Å². The van der Waals surface area contributed by atoms with E-state index in [1.165, 1.54) is 10.5 Å². The molecular formula is C23H28N2O3S. The van der Waals surface area contributed by atoms with E-state index in [2.05, 4.69) is 23.2 Å². The number of methoxy groups -OCH3 is 1. The van der Waals surface area contributed by atoms with E-state index < -0.39 is 5.60 Å². The molecule has 0 saturated carbocycles. The van der Waals surface area contributed by atoms with Crippen molar-refractivity contribution < 1.29 is 14.3 Å². The Hall–Kier alpha value is -2.60. The monoisotopic (exact) mass is 412 g/mol. The second kappa shape index (κ2) is 8.82. The summed E-state index contributed by atoms with van der Waals surface area (Å²) in [6.45, 7) is 6.22. The number of benzene rings is 2. The number of aromatic amines is 1. The van der Waals surface area contributed by atoms with Gasteiger partial charge in [0.25, 0.3) is 0 Å². The smallest absolute Gasteiger partial charge is 0.410 e. The van der Waals surface area contributed by atoms with Crippen LogP contribution in [-0.4, -0.2) is 42.3 Å². The van der Waals surface area contributed by atoms with Crippen molar-refractivity contribution in [1.29, 1.82) is 0 Å². The first-order valence-electron chi connectivity index (χ1n) is 9.62. The highest BCUT2D eigenvalue weighted by molar-refractivity contribution is 7.99. The molecule has 0 aliphatic carbocycles. The van der Waals surface area contributed by atoms with Crippen LogP contribution in [0.4, 0.5) is 4.79 Å². The molecule has 2 aromatic carbocycles. The molecule has 0 aliphatic heterocycles. The molecule has 5 nitrogen and oxygen atoms in total. The summed E-state index contributed by atoms with van der Waals surface area (Å²) >= 11 is 1.72. The summed E-state index contributed by atoms with van der Waals surface area (Å²) in [6.07, 6.45) is 2.47. The van der Waals surface area contributed by atoms with Crippen LogP contribution < -0.4 is 4.74 Å². The fourth-order valence-electron chi connectivity index (χ4n) is 3.00. The molecule has 0 fully saturated rings. The highest BCUT2D eigenvalue weighted by atomic mass is 32.2. The van der Waals surface area contributed by atoms with E-state index in [9.17, 15) is 4.79 Å². The number of rotatable bonds is 6. The van der Waals surface area contributed by atoms with Crippen LogP contribution in [0.25, 0.3) is 10.9 Å². The van der Waals surface area contributed by atoms with Crippen LogP contribution in [-0.2, 0) is 11.2 Å². The number of fused-ring (bicyclic) bond motifs is 1. The van der Waals surface area contributed by atoms with Gasteiger partial charge in [0.15, 0.2) is 0 Å². The molecule has 3 aromatic rings. The average Bonchev–Trinajstić information content (AvgIpc) is 3.08. The second-order valence-corrected chi connectivity index (χ2v) is 8.98. The molecule has 0 unspecified atom stereocenters. The van der Waals surface area contributed by atoms with E-state index in [0.717, 1.165) is 28.0 Å². The predicted octanol–water partition coefficient (Wildman–Crippen LogP) is 5.74. The molecule has 1 heterocycles. The van der Waals surface area contributed by atoms with Crippen molar-refractivity contribution in [2.75, 3.05) is 20.7 Å². The van der Waals surface area contributed by atoms with Gasteiger partial charge in [0.2, 0.25) is 0 Å². The Kier molecular flexibility index (Phi) is 6.42. The molecule has 0 radical (unpaired) electrons. The topological polar surface area (TPSA) is 54.6 Å². The fourth-order valence-corrected chi connectivity index (χ4v) is 4.09. The second-order valence-electron chi connectivity index (χ2n) is 7.90. The Morgan fingerprint density at radius 2 is 1.86 bits per heavy atom. The minimum Gasteiger partial charge on any atom is -0.495 e. The Labute approximate surface area is 176 Å². The number of aromatic nitrogens is 1. The zero-order valence-electron chi connectivity index (χ0n) is 17.6. The summed E-state index contributed by atoms with van der Waals surface area (Å²) in [4.78, 5) is 19.5. The molecule has 1 N–H and O–H groups in total. The lowest BCUT2D eigenvalue weighted by molar-refractivity contribution is 0.0300.